The lowest BCUT2D eigenvalue weighted by atomic mass is 9.93. The number of aliphatic hydroxyl groups is 1. The molecule has 1 saturated heterocycles. The molecule has 3 nitrogen and oxygen atoms in total. The largest absolute Gasteiger partial charge is 0.396 e. The van der Waals surface area contributed by atoms with Crippen LogP contribution in [0.15, 0.2) is 12.2 Å². The van der Waals surface area contributed by atoms with Gasteiger partial charge in [-0.05, 0) is 25.7 Å². The molecular formula is C12H19NO2. The molecule has 0 bridgehead atoms. The van der Waals surface area contributed by atoms with E-state index in [9.17, 15) is 4.79 Å². The zero-order valence-corrected chi connectivity index (χ0v) is 9.06. The molecule has 1 N–H and O–H groups in total. The minimum absolute atomic E-state index is 0.201. The van der Waals surface area contributed by atoms with Crippen molar-refractivity contribution in [2.75, 3.05) is 19.7 Å². The van der Waals surface area contributed by atoms with Gasteiger partial charge < -0.3 is 10.0 Å². The highest BCUT2D eigenvalue weighted by atomic mass is 16.3. The van der Waals surface area contributed by atoms with Crippen molar-refractivity contribution in [1.82, 2.24) is 4.90 Å². The van der Waals surface area contributed by atoms with Gasteiger partial charge in [0.15, 0.2) is 0 Å². The van der Waals surface area contributed by atoms with Gasteiger partial charge >= 0.3 is 0 Å². The first-order valence-corrected chi connectivity index (χ1v) is 5.86. The number of hydrogen-bond donors (Lipinski definition) is 1. The van der Waals surface area contributed by atoms with Crippen LogP contribution < -0.4 is 0 Å². The standard InChI is InChI=1S/C12H19NO2/c14-9-10-6-7-13(8-10)12(15)11-4-2-1-3-5-11/h1-2,10-11,14H,3-9H2/t10-,11+/m0/s1. The van der Waals surface area contributed by atoms with E-state index in [1.807, 2.05) is 4.90 Å². The van der Waals surface area contributed by atoms with Crippen molar-refractivity contribution in [3.8, 4) is 0 Å². The first-order chi connectivity index (χ1) is 7.31. The SMILES string of the molecule is O=C([C@@H]1CC=CCC1)N1CC[C@H](CO)C1. The summed E-state index contributed by atoms with van der Waals surface area (Å²) in [5.74, 6) is 0.816. The van der Waals surface area contributed by atoms with E-state index in [2.05, 4.69) is 12.2 Å². The van der Waals surface area contributed by atoms with Crippen LogP contribution >= 0.6 is 0 Å². The third-order valence-electron chi connectivity index (χ3n) is 3.47. The Hall–Kier alpha value is -0.830. The van der Waals surface area contributed by atoms with Crippen molar-refractivity contribution >= 4 is 5.91 Å². The highest BCUT2D eigenvalue weighted by molar-refractivity contribution is 5.79. The highest BCUT2D eigenvalue weighted by Gasteiger charge is 2.30. The van der Waals surface area contributed by atoms with Crippen LogP contribution in [-0.2, 0) is 4.79 Å². The number of carbonyl (C=O) groups excluding carboxylic acids is 1. The van der Waals surface area contributed by atoms with E-state index in [1.165, 1.54) is 0 Å². The maximum absolute atomic E-state index is 12.1. The summed E-state index contributed by atoms with van der Waals surface area (Å²) in [6, 6.07) is 0. The van der Waals surface area contributed by atoms with E-state index in [-0.39, 0.29) is 12.5 Å². The second-order valence-electron chi connectivity index (χ2n) is 4.60. The molecule has 0 radical (unpaired) electrons. The maximum atomic E-state index is 12.1. The molecule has 15 heavy (non-hydrogen) atoms. The van der Waals surface area contributed by atoms with Gasteiger partial charge in [-0.2, -0.15) is 0 Å². The fourth-order valence-corrected chi connectivity index (χ4v) is 2.46. The molecule has 0 saturated carbocycles. The molecule has 1 aliphatic heterocycles. The zero-order chi connectivity index (χ0) is 10.7. The van der Waals surface area contributed by atoms with Crippen molar-refractivity contribution in [1.29, 1.82) is 0 Å². The van der Waals surface area contributed by atoms with Gasteiger partial charge in [0.05, 0.1) is 0 Å². The summed E-state index contributed by atoms with van der Waals surface area (Å²) >= 11 is 0. The minimum atomic E-state index is 0.201. The normalized spacial score (nSPS) is 30.9. The van der Waals surface area contributed by atoms with E-state index >= 15 is 0 Å². The molecular weight excluding hydrogens is 190 g/mol. The molecule has 0 spiro atoms. The van der Waals surface area contributed by atoms with Crippen LogP contribution in [-0.4, -0.2) is 35.6 Å². The Morgan fingerprint density at radius 2 is 2.27 bits per heavy atom. The molecule has 0 aromatic heterocycles. The molecule has 3 heteroatoms. The quantitative estimate of drug-likeness (QED) is 0.694. The predicted molar refractivity (Wildman–Crippen MR) is 58.3 cm³/mol. The fourth-order valence-electron chi connectivity index (χ4n) is 2.46. The smallest absolute Gasteiger partial charge is 0.226 e. The summed E-state index contributed by atoms with van der Waals surface area (Å²) < 4.78 is 0. The van der Waals surface area contributed by atoms with Crippen molar-refractivity contribution < 1.29 is 9.90 Å². The maximum Gasteiger partial charge on any atom is 0.226 e. The molecule has 2 atom stereocenters. The third-order valence-corrected chi connectivity index (χ3v) is 3.47. The average Bonchev–Trinajstić information content (AvgIpc) is 2.78. The van der Waals surface area contributed by atoms with Gasteiger partial charge in [0.2, 0.25) is 5.91 Å². The van der Waals surface area contributed by atoms with E-state index in [0.29, 0.717) is 11.8 Å². The Kier molecular flexibility index (Phi) is 3.41. The molecule has 2 aliphatic rings. The topological polar surface area (TPSA) is 40.5 Å². The first-order valence-electron chi connectivity index (χ1n) is 5.86. The Labute approximate surface area is 90.8 Å². The highest BCUT2D eigenvalue weighted by Crippen LogP contribution is 2.24. The number of likely N-dealkylation sites (tertiary alicyclic amines) is 1. The van der Waals surface area contributed by atoms with Crippen LogP contribution in [0.2, 0.25) is 0 Å². The van der Waals surface area contributed by atoms with E-state index in [4.69, 9.17) is 5.11 Å². The molecule has 2 rings (SSSR count). The number of amides is 1. The minimum Gasteiger partial charge on any atom is -0.396 e. The molecule has 84 valence electrons. The van der Waals surface area contributed by atoms with Crippen LogP contribution in [0.5, 0.6) is 0 Å². The third kappa shape index (κ3) is 2.40. The van der Waals surface area contributed by atoms with Crippen LogP contribution in [0.1, 0.15) is 25.7 Å². The Balaban J connectivity index is 1.88. The van der Waals surface area contributed by atoms with E-state index in [0.717, 1.165) is 38.8 Å². The molecule has 1 amide bonds. The number of allylic oxidation sites excluding steroid dienone is 2. The summed E-state index contributed by atoms with van der Waals surface area (Å²) in [5.41, 5.74) is 0. The van der Waals surface area contributed by atoms with Gasteiger partial charge in [-0.1, -0.05) is 12.2 Å². The number of nitrogens with zero attached hydrogens (tertiary/aromatic N) is 1. The molecule has 1 fully saturated rings. The molecule has 0 aromatic rings. The Morgan fingerprint density at radius 1 is 1.40 bits per heavy atom. The lowest BCUT2D eigenvalue weighted by molar-refractivity contribution is -0.134. The zero-order valence-electron chi connectivity index (χ0n) is 9.06. The summed E-state index contributed by atoms with van der Waals surface area (Å²) in [5, 5.41) is 9.03. The van der Waals surface area contributed by atoms with Gasteiger partial charge in [0.1, 0.15) is 0 Å². The molecule has 1 heterocycles. The van der Waals surface area contributed by atoms with Gasteiger partial charge in [0, 0.05) is 31.5 Å². The summed E-state index contributed by atoms with van der Waals surface area (Å²) in [6.45, 7) is 1.81. The fraction of sp³-hybridized carbons (Fsp3) is 0.750. The summed E-state index contributed by atoms with van der Waals surface area (Å²) in [4.78, 5) is 14.0. The van der Waals surface area contributed by atoms with E-state index in [1.54, 1.807) is 0 Å². The van der Waals surface area contributed by atoms with Crippen LogP contribution in [0.4, 0.5) is 0 Å². The Morgan fingerprint density at radius 3 is 2.87 bits per heavy atom. The van der Waals surface area contributed by atoms with Gasteiger partial charge in [-0.25, -0.2) is 0 Å². The van der Waals surface area contributed by atoms with Crippen LogP contribution in [0.3, 0.4) is 0 Å². The van der Waals surface area contributed by atoms with Gasteiger partial charge in [-0.3, -0.25) is 4.79 Å². The number of carbonyl (C=O) groups is 1. The van der Waals surface area contributed by atoms with Gasteiger partial charge in [-0.15, -0.1) is 0 Å². The average molecular weight is 209 g/mol. The summed E-state index contributed by atoms with van der Waals surface area (Å²) in [6.07, 6.45) is 8.17. The number of hydrogen-bond acceptors (Lipinski definition) is 2. The summed E-state index contributed by atoms with van der Waals surface area (Å²) in [7, 11) is 0. The van der Waals surface area contributed by atoms with Crippen molar-refractivity contribution in [3.63, 3.8) is 0 Å². The number of rotatable bonds is 2. The van der Waals surface area contributed by atoms with Crippen LogP contribution in [0, 0.1) is 11.8 Å². The lowest BCUT2D eigenvalue weighted by Gasteiger charge is -2.24. The lowest BCUT2D eigenvalue weighted by Crippen LogP contribution is -2.35. The van der Waals surface area contributed by atoms with Crippen molar-refractivity contribution in [2.45, 2.75) is 25.7 Å². The monoisotopic (exact) mass is 209 g/mol. The Bertz CT molecular complexity index is 262. The molecule has 0 unspecified atom stereocenters. The second-order valence-corrected chi connectivity index (χ2v) is 4.60. The predicted octanol–water partition coefficient (Wildman–Crippen LogP) is 1.18. The van der Waals surface area contributed by atoms with Crippen molar-refractivity contribution in [2.24, 2.45) is 11.8 Å². The van der Waals surface area contributed by atoms with E-state index < -0.39 is 0 Å². The second kappa shape index (κ2) is 4.79. The van der Waals surface area contributed by atoms with Crippen LogP contribution in [0.25, 0.3) is 0 Å². The molecule has 1 aliphatic carbocycles. The first kappa shape index (κ1) is 10.7. The van der Waals surface area contributed by atoms with Gasteiger partial charge in [0.25, 0.3) is 0 Å². The number of aliphatic hydroxyl groups excluding tert-OH is 1. The molecule has 0 aromatic carbocycles. The van der Waals surface area contributed by atoms with Crippen molar-refractivity contribution in [3.05, 3.63) is 12.2 Å².